The maximum Gasteiger partial charge on any atom is 0.0587 e. The van der Waals surface area contributed by atoms with Crippen LogP contribution in [0.1, 0.15) is 25.8 Å². The Morgan fingerprint density at radius 2 is 1.88 bits per heavy atom. The first-order valence-electron chi connectivity index (χ1n) is 6.10. The summed E-state index contributed by atoms with van der Waals surface area (Å²) in [6, 6.07) is 10.5. The second kappa shape index (κ2) is 7.42. The summed E-state index contributed by atoms with van der Waals surface area (Å²) in [6.45, 7) is 5.61. The van der Waals surface area contributed by atoms with Crippen LogP contribution in [0.3, 0.4) is 0 Å². The zero-order valence-corrected chi connectivity index (χ0v) is 10.3. The maximum absolute atomic E-state index is 9.29. The summed E-state index contributed by atoms with van der Waals surface area (Å²) in [5.41, 5.74) is 1.28. The van der Waals surface area contributed by atoms with Gasteiger partial charge in [0.2, 0.25) is 0 Å². The summed E-state index contributed by atoms with van der Waals surface area (Å²) in [5, 5.41) is 12.7. The average molecular weight is 221 g/mol. The van der Waals surface area contributed by atoms with Crippen molar-refractivity contribution in [2.75, 3.05) is 13.2 Å². The van der Waals surface area contributed by atoms with E-state index in [4.69, 9.17) is 0 Å². The van der Waals surface area contributed by atoms with Crippen LogP contribution in [-0.4, -0.2) is 24.3 Å². The SMILES string of the molecule is CC(C)CCN[C@@H](CO)Cc1ccccc1. The van der Waals surface area contributed by atoms with Gasteiger partial charge >= 0.3 is 0 Å². The summed E-state index contributed by atoms with van der Waals surface area (Å²) in [6.07, 6.45) is 2.06. The van der Waals surface area contributed by atoms with Gasteiger partial charge in [0, 0.05) is 6.04 Å². The minimum atomic E-state index is 0.182. The Balaban J connectivity index is 2.32. The molecular weight excluding hydrogens is 198 g/mol. The average Bonchev–Trinajstić information content (AvgIpc) is 2.28. The normalized spacial score (nSPS) is 13.0. The van der Waals surface area contributed by atoms with Crippen LogP contribution in [0.2, 0.25) is 0 Å². The van der Waals surface area contributed by atoms with Gasteiger partial charge in [-0.2, -0.15) is 0 Å². The molecular formula is C14H23NO. The van der Waals surface area contributed by atoms with Gasteiger partial charge in [0.15, 0.2) is 0 Å². The highest BCUT2D eigenvalue weighted by atomic mass is 16.3. The number of aliphatic hydroxyl groups is 1. The Kier molecular flexibility index (Phi) is 6.12. The zero-order valence-electron chi connectivity index (χ0n) is 10.3. The second-order valence-corrected chi connectivity index (χ2v) is 4.71. The molecule has 2 heteroatoms. The van der Waals surface area contributed by atoms with Crippen LogP contribution < -0.4 is 5.32 Å². The molecule has 0 aliphatic carbocycles. The highest BCUT2D eigenvalue weighted by molar-refractivity contribution is 5.15. The van der Waals surface area contributed by atoms with Gasteiger partial charge in [0.1, 0.15) is 0 Å². The van der Waals surface area contributed by atoms with E-state index in [0.717, 1.165) is 19.4 Å². The van der Waals surface area contributed by atoms with Gasteiger partial charge < -0.3 is 10.4 Å². The molecule has 1 aromatic carbocycles. The van der Waals surface area contributed by atoms with Crippen molar-refractivity contribution in [3.8, 4) is 0 Å². The molecule has 2 nitrogen and oxygen atoms in total. The van der Waals surface area contributed by atoms with Crippen LogP contribution >= 0.6 is 0 Å². The molecule has 0 fully saturated rings. The van der Waals surface area contributed by atoms with Crippen LogP contribution in [0.4, 0.5) is 0 Å². The molecule has 16 heavy (non-hydrogen) atoms. The molecule has 1 aromatic rings. The van der Waals surface area contributed by atoms with E-state index < -0.39 is 0 Å². The number of hydrogen-bond donors (Lipinski definition) is 2. The van der Waals surface area contributed by atoms with Gasteiger partial charge in [-0.15, -0.1) is 0 Å². The summed E-state index contributed by atoms with van der Waals surface area (Å²) in [7, 11) is 0. The Bertz CT molecular complexity index is 271. The molecule has 0 saturated heterocycles. The standard InChI is InChI=1S/C14H23NO/c1-12(2)8-9-15-14(11-16)10-13-6-4-3-5-7-13/h3-7,12,14-16H,8-11H2,1-2H3/t14-/m1/s1. The van der Waals surface area contributed by atoms with Crippen LogP contribution in [0.15, 0.2) is 30.3 Å². The fourth-order valence-electron chi connectivity index (χ4n) is 1.68. The summed E-state index contributed by atoms with van der Waals surface area (Å²) >= 11 is 0. The van der Waals surface area contributed by atoms with Crippen molar-refractivity contribution < 1.29 is 5.11 Å². The lowest BCUT2D eigenvalue weighted by Gasteiger charge is -2.17. The number of benzene rings is 1. The van der Waals surface area contributed by atoms with Crippen LogP contribution in [0, 0.1) is 5.92 Å². The minimum Gasteiger partial charge on any atom is -0.395 e. The fraction of sp³-hybridized carbons (Fsp3) is 0.571. The fourth-order valence-corrected chi connectivity index (χ4v) is 1.68. The van der Waals surface area contributed by atoms with Crippen molar-refractivity contribution in [3.05, 3.63) is 35.9 Å². The summed E-state index contributed by atoms with van der Waals surface area (Å²) < 4.78 is 0. The molecule has 2 N–H and O–H groups in total. The highest BCUT2D eigenvalue weighted by Gasteiger charge is 2.07. The first kappa shape index (κ1) is 13.2. The Morgan fingerprint density at radius 3 is 2.44 bits per heavy atom. The molecule has 0 aromatic heterocycles. The van der Waals surface area contributed by atoms with E-state index in [1.807, 2.05) is 18.2 Å². The van der Waals surface area contributed by atoms with Gasteiger partial charge in [0.25, 0.3) is 0 Å². The molecule has 1 atom stereocenters. The largest absolute Gasteiger partial charge is 0.395 e. The van der Waals surface area contributed by atoms with Gasteiger partial charge in [-0.3, -0.25) is 0 Å². The smallest absolute Gasteiger partial charge is 0.0587 e. The molecule has 0 heterocycles. The second-order valence-electron chi connectivity index (χ2n) is 4.71. The van der Waals surface area contributed by atoms with E-state index in [9.17, 15) is 5.11 Å². The monoisotopic (exact) mass is 221 g/mol. The number of rotatable bonds is 7. The molecule has 0 amide bonds. The van der Waals surface area contributed by atoms with Crippen molar-refractivity contribution in [1.29, 1.82) is 0 Å². The number of nitrogens with one attached hydrogen (secondary N) is 1. The van der Waals surface area contributed by atoms with Crippen molar-refractivity contribution in [2.45, 2.75) is 32.7 Å². The van der Waals surface area contributed by atoms with Gasteiger partial charge in [0.05, 0.1) is 6.61 Å². The molecule has 1 rings (SSSR count). The summed E-state index contributed by atoms with van der Waals surface area (Å²) in [4.78, 5) is 0. The van der Waals surface area contributed by atoms with Gasteiger partial charge in [-0.05, 0) is 30.9 Å². The Labute approximate surface area is 98.7 Å². The van der Waals surface area contributed by atoms with E-state index in [2.05, 4.69) is 31.3 Å². The predicted octanol–water partition coefficient (Wildman–Crippen LogP) is 2.23. The Hall–Kier alpha value is -0.860. The molecule has 90 valence electrons. The topological polar surface area (TPSA) is 32.3 Å². The molecule has 0 unspecified atom stereocenters. The van der Waals surface area contributed by atoms with Gasteiger partial charge in [-0.1, -0.05) is 44.2 Å². The Morgan fingerprint density at radius 1 is 1.19 bits per heavy atom. The molecule has 0 aliphatic heterocycles. The number of hydrogen-bond acceptors (Lipinski definition) is 2. The lowest BCUT2D eigenvalue weighted by molar-refractivity contribution is 0.240. The van der Waals surface area contributed by atoms with E-state index in [-0.39, 0.29) is 12.6 Å². The van der Waals surface area contributed by atoms with Crippen LogP contribution in [0.25, 0.3) is 0 Å². The molecule has 0 aliphatic rings. The predicted molar refractivity (Wildman–Crippen MR) is 68.5 cm³/mol. The first-order valence-corrected chi connectivity index (χ1v) is 6.10. The first-order chi connectivity index (χ1) is 7.72. The summed E-state index contributed by atoms with van der Waals surface area (Å²) in [5.74, 6) is 0.712. The van der Waals surface area contributed by atoms with Crippen LogP contribution in [0.5, 0.6) is 0 Å². The van der Waals surface area contributed by atoms with Crippen molar-refractivity contribution in [3.63, 3.8) is 0 Å². The van der Waals surface area contributed by atoms with E-state index in [1.165, 1.54) is 5.56 Å². The van der Waals surface area contributed by atoms with Crippen molar-refractivity contribution in [2.24, 2.45) is 5.92 Å². The third kappa shape index (κ3) is 5.29. The minimum absolute atomic E-state index is 0.182. The van der Waals surface area contributed by atoms with Crippen LogP contribution in [-0.2, 0) is 6.42 Å². The molecule has 0 spiro atoms. The van der Waals surface area contributed by atoms with Crippen molar-refractivity contribution in [1.82, 2.24) is 5.32 Å². The lowest BCUT2D eigenvalue weighted by Crippen LogP contribution is -2.35. The van der Waals surface area contributed by atoms with Gasteiger partial charge in [-0.25, -0.2) is 0 Å². The third-order valence-corrected chi connectivity index (χ3v) is 2.70. The van der Waals surface area contributed by atoms with Crippen molar-refractivity contribution >= 4 is 0 Å². The molecule has 0 radical (unpaired) electrons. The van der Waals surface area contributed by atoms with E-state index >= 15 is 0 Å². The quantitative estimate of drug-likeness (QED) is 0.740. The third-order valence-electron chi connectivity index (χ3n) is 2.70. The number of aliphatic hydroxyl groups excluding tert-OH is 1. The zero-order chi connectivity index (χ0) is 11.8. The highest BCUT2D eigenvalue weighted by Crippen LogP contribution is 2.03. The van der Waals surface area contributed by atoms with E-state index in [0.29, 0.717) is 5.92 Å². The maximum atomic E-state index is 9.29. The molecule has 0 saturated carbocycles. The lowest BCUT2D eigenvalue weighted by atomic mass is 10.1. The van der Waals surface area contributed by atoms with E-state index in [1.54, 1.807) is 0 Å². The molecule has 0 bridgehead atoms.